The number of aromatic nitrogens is 2. The summed E-state index contributed by atoms with van der Waals surface area (Å²) in [4.78, 5) is 13.8. The number of anilines is 1. The molecule has 0 radical (unpaired) electrons. The number of rotatable bonds is 3. The Labute approximate surface area is 147 Å². The summed E-state index contributed by atoms with van der Waals surface area (Å²) in [6.07, 6.45) is 5.89. The molecule has 2 aromatic heterocycles. The van der Waals surface area contributed by atoms with Crippen LogP contribution in [0, 0.1) is 18.3 Å². The predicted octanol–water partition coefficient (Wildman–Crippen LogP) is 3.97. The fourth-order valence-corrected chi connectivity index (χ4v) is 4.41. The molecule has 1 atom stereocenters. The molecule has 3 rings (SSSR count). The summed E-state index contributed by atoms with van der Waals surface area (Å²) in [6.45, 7) is 3.72. The summed E-state index contributed by atoms with van der Waals surface area (Å²) < 4.78 is 2.56. The fourth-order valence-electron chi connectivity index (χ4n) is 2.89. The summed E-state index contributed by atoms with van der Waals surface area (Å²) in [5, 5.41) is 17.3. The van der Waals surface area contributed by atoms with E-state index in [4.69, 9.17) is 0 Å². The Bertz CT molecular complexity index is 802. The maximum Gasteiger partial charge on any atom is 0.249 e. The highest BCUT2D eigenvalue weighted by molar-refractivity contribution is 9.10. The lowest BCUT2D eigenvalue weighted by Gasteiger charge is -2.14. The molecule has 0 fully saturated rings. The second-order valence-corrected chi connectivity index (χ2v) is 7.67. The normalized spacial score (nSPS) is 14.9. The van der Waals surface area contributed by atoms with Gasteiger partial charge in [-0.3, -0.25) is 9.48 Å². The van der Waals surface area contributed by atoms with Gasteiger partial charge in [0, 0.05) is 4.88 Å². The lowest BCUT2D eigenvalue weighted by atomic mass is 9.96. The number of nitrogens with one attached hydrogen (secondary N) is 1. The van der Waals surface area contributed by atoms with E-state index in [1.807, 2.05) is 6.92 Å². The minimum Gasteiger partial charge on any atom is -0.315 e. The SMILES string of the molecule is Cc1c(Br)cnn1C(C)C(=O)Nc1sc2c(c1C#N)CCCC2. The molecule has 0 saturated heterocycles. The standard InChI is InChI=1S/C16H17BrN4OS/c1-9-13(17)8-19-21(9)10(2)15(22)20-16-12(7-18)11-5-3-4-6-14(11)23-16/h8,10H,3-6H2,1-2H3,(H,20,22). The first kappa shape index (κ1) is 16.2. The molecule has 7 heteroatoms. The highest BCUT2D eigenvalue weighted by Gasteiger charge is 2.24. The van der Waals surface area contributed by atoms with Crippen LogP contribution in [-0.4, -0.2) is 15.7 Å². The smallest absolute Gasteiger partial charge is 0.249 e. The Morgan fingerprint density at radius 3 is 2.91 bits per heavy atom. The van der Waals surface area contributed by atoms with Crippen molar-refractivity contribution in [2.75, 3.05) is 5.32 Å². The van der Waals surface area contributed by atoms with Crippen molar-refractivity contribution in [2.24, 2.45) is 0 Å². The topological polar surface area (TPSA) is 70.7 Å². The molecule has 1 unspecified atom stereocenters. The monoisotopic (exact) mass is 392 g/mol. The van der Waals surface area contributed by atoms with E-state index in [0.717, 1.165) is 41.4 Å². The molecule has 0 aromatic carbocycles. The molecule has 1 N–H and O–H groups in total. The van der Waals surface area contributed by atoms with Gasteiger partial charge in [-0.25, -0.2) is 0 Å². The van der Waals surface area contributed by atoms with Crippen molar-refractivity contribution in [3.63, 3.8) is 0 Å². The maximum atomic E-state index is 12.6. The predicted molar refractivity (Wildman–Crippen MR) is 93.7 cm³/mol. The average Bonchev–Trinajstić information content (AvgIpc) is 3.06. The fraction of sp³-hybridized carbons (Fsp3) is 0.438. The number of hydrogen-bond acceptors (Lipinski definition) is 4. The van der Waals surface area contributed by atoms with Gasteiger partial charge in [-0.1, -0.05) is 0 Å². The van der Waals surface area contributed by atoms with Crippen molar-refractivity contribution in [3.05, 3.63) is 32.4 Å². The minimum atomic E-state index is -0.438. The number of carbonyl (C=O) groups excluding carboxylic acids is 1. The number of hydrogen-bond donors (Lipinski definition) is 1. The second kappa shape index (κ2) is 6.46. The zero-order valence-electron chi connectivity index (χ0n) is 13.0. The van der Waals surface area contributed by atoms with Gasteiger partial charge >= 0.3 is 0 Å². The van der Waals surface area contributed by atoms with E-state index in [2.05, 4.69) is 32.4 Å². The molecule has 0 bridgehead atoms. The molecular formula is C16H17BrN4OS. The quantitative estimate of drug-likeness (QED) is 0.858. The van der Waals surface area contributed by atoms with Crippen LogP contribution in [0.1, 0.15) is 47.5 Å². The number of carbonyl (C=O) groups is 1. The van der Waals surface area contributed by atoms with Gasteiger partial charge in [0.1, 0.15) is 17.1 Å². The van der Waals surface area contributed by atoms with E-state index in [1.54, 1.807) is 29.1 Å². The van der Waals surface area contributed by atoms with Crippen molar-refractivity contribution in [1.29, 1.82) is 5.26 Å². The van der Waals surface area contributed by atoms with Crippen molar-refractivity contribution in [3.8, 4) is 6.07 Å². The number of thiophene rings is 1. The van der Waals surface area contributed by atoms with Gasteiger partial charge in [0.25, 0.3) is 0 Å². The molecule has 2 heterocycles. The van der Waals surface area contributed by atoms with Crippen LogP contribution in [0.15, 0.2) is 10.7 Å². The van der Waals surface area contributed by atoms with E-state index in [-0.39, 0.29) is 5.91 Å². The van der Waals surface area contributed by atoms with E-state index < -0.39 is 6.04 Å². The molecule has 120 valence electrons. The largest absolute Gasteiger partial charge is 0.315 e. The van der Waals surface area contributed by atoms with Crippen LogP contribution in [0.2, 0.25) is 0 Å². The molecular weight excluding hydrogens is 376 g/mol. The highest BCUT2D eigenvalue weighted by Crippen LogP contribution is 2.37. The Kier molecular flexibility index (Phi) is 4.55. The van der Waals surface area contributed by atoms with Crippen LogP contribution < -0.4 is 5.32 Å². The van der Waals surface area contributed by atoms with Crippen molar-refractivity contribution < 1.29 is 4.79 Å². The van der Waals surface area contributed by atoms with Crippen LogP contribution in [0.5, 0.6) is 0 Å². The van der Waals surface area contributed by atoms with Crippen LogP contribution in [0.3, 0.4) is 0 Å². The van der Waals surface area contributed by atoms with Crippen molar-refractivity contribution in [2.45, 2.75) is 45.6 Å². The van der Waals surface area contributed by atoms with Gasteiger partial charge in [0.05, 0.1) is 21.9 Å². The minimum absolute atomic E-state index is 0.154. The first-order chi connectivity index (χ1) is 11.0. The van der Waals surface area contributed by atoms with Crippen LogP contribution in [0.4, 0.5) is 5.00 Å². The number of halogens is 1. The number of fused-ring (bicyclic) bond motifs is 1. The molecule has 2 aromatic rings. The number of aryl methyl sites for hydroxylation is 1. The van der Waals surface area contributed by atoms with Crippen molar-refractivity contribution in [1.82, 2.24) is 9.78 Å². The third-order valence-electron chi connectivity index (χ3n) is 4.25. The molecule has 0 spiro atoms. The molecule has 5 nitrogen and oxygen atoms in total. The van der Waals surface area contributed by atoms with E-state index in [9.17, 15) is 10.1 Å². The third kappa shape index (κ3) is 2.93. The Morgan fingerprint density at radius 2 is 2.26 bits per heavy atom. The zero-order chi connectivity index (χ0) is 16.6. The van der Waals surface area contributed by atoms with E-state index >= 15 is 0 Å². The van der Waals surface area contributed by atoms with Gasteiger partial charge in [0.15, 0.2) is 0 Å². The number of amides is 1. The molecule has 0 saturated carbocycles. The molecule has 1 amide bonds. The summed E-state index contributed by atoms with van der Waals surface area (Å²) in [6, 6.07) is 1.83. The third-order valence-corrected chi connectivity index (χ3v) is 6.24. The Balaban J connectivity index is 1.84. The molecule has 23 heavy (non-hydrogen) atoms. The number of nitrogens with zero attached hydrogens (tertiary/aromatic N) is 3. The molecule has 0 aliphatic heterocycles. The first-order valence-corrected chi connectivity index (χ1v) is 9.19. The lowest BCUT2D eigenvalue weighted by molar-refractivity contribution is -0.119. The van der Waals surface area contributed by atoms with Crippen LogP contribution >= 0.6 is 27.3 Å². The lowest BCUT2D eigenvalue weighted by Crippen LogP contribution is -2.25. The van der Waals surface area contributed by atoms with Gasteiger partial charge in [-0.05, 0) is 61.0 Å². The second-order valence-electron chi connectivity index (χ2n) is 5.71. The summed E-state index contributed by atoms with van der Waals surface area (Å²) >= 11 is 4.95. The van der Waals surface area contributed by atoms with Crippen LogP contribution in [0.25, 0.3) is 0 Å². The van der Waals surface area contributed by atoms with Gasteiger partial charge in [-0.15, -0.1) is 11.3 Å². The van der Waals surface area contributed by atoms with E-state index in [1.165, 1.54) is 4.88 Å². The van der Waals surface area contributed by atoms with E-state index in [0.29, 0.717) is 10.6 Å². The van der Waals surface area contributed by atoms with Gasteiger partial charge < -0.3 is 5.32 Å². The molecule has 1 aliphatic rings. The summed E-state index contributed by atoms with van der Waals surface area (Å²) in [7, 11) is 0. The Hall–Kier alpha value is -1.65. The maximum absolute atomic E-state index is 12.6. The van der Waals surface area contributed by atoms with Gasteiger partial charge in [-0.2, -0.15) is 10.4 Å². The summed E-state index contributed by atoms with van der Waals surface area (Å²) in [5.74, 6) is -0.154. The zero-order valence-corrected chi connectivity index (χ0v) is 15.4. The average molecular weight is 393 g/mol. The van der Waals surface area contributed by atoms with Crippen LogP contribution in [-0.2, 0) is 17.6 Å². The molecule has 1 aliphatic carbocycles. The Morgan fingerprint density at radius 1 is 1.52 bits per heavy atom. The number of nitriles is 1. The summed E-state index contributed by atoms with van der Waals surface area (Å²) in [5.41, 5.74) is 2.67. The van der Waals surface area contributed by atoms with Gasteiger partial charge in [0.2, 0.25) is 5.91 Å². The highest BCUT2D eigenvalue weighted by atomic mass is 79.9. The first-order valence-electron chi connectivity index (χ1n) is 7.58. The van der Waals surface area contributed by atoms with Crippen molar-refractivity contribution >= 4 is 38.2 Å².